The molecule has 2 unspecified atom stereocenters. The van der Waals surface area contributed by atoms with E-state index in [0.29, 0.717) is 24.2 Å². The molecule has 5 rings (SSSR count). The number of piperidine rings is 1. The summed E-state index contributed by atoms with van der Waals surface area (Å²) in [6, 6.07) is 7.45. The molecule has 178 valence electrons. The molecular formula is C22H24N6O5S. The quantitative estimate of drug-likeness (QED) is 0.497. The Hall–Kier alpha value is -3.67. The molecule has 0 bridgehead atoms. The summed E-state index contributed by atoms with van der Waals surface area (Å²) in [6.07, 6.45) is 3.53. The number of carbonyl (C=O) groups excluding carboxylic acids is 1. The zero-order valence-corrected chi connectivity index (χ0v) is 19.2. The third-order valence-electron chi connectivity index (χ3n) is 6.46. The van der Waals surface area contributed by atoms with Gasteiger partial charge in [0, 0.05) is 24.8 Å². The Morgan fingerprint density at radius 2 is 1.91 bits per heavy atom. The summed E-state index contributed by atoms with van der Waals surface area (Å²) in [4.78, 5) is 34.0. The molecule has 12 heteroatoms. The first kappa shape index (κ1) is 22.1. The van der Waals surface area contributed by atoms with Crippen LogP contribution in [0.25, 0.3) is 11.0 Å². The minimum absolute atomic E-state index is 0.00792. The third kappa shape index (κ3) is 3.83. The molecule has 4 heterocycles. The second-order valence-corrected chi connectivity index (χ2v) is 10.5. The predicted molar refractivity (Wildman–Crippen MR) is 123 cm³/mol. The van der Waals surface area contributed by atoms with Crippen molar-refractivity contribution >= 4 is 38.9 Å². The van der Waals surface area contributed by atoms with E-state index in [2.05, 4.69) is 20.6 Å². The van der Waals surface area contributed by atoms with Crippen LogP contribution >= 0.6 is 0 Å². The maximum absolute atomic E-state index is 13.2. The fraction of sp³-hybridized carbons (Fsp3) is 0.364. The van der Waals surface area contributed by atoms with Crippen molar-refractivity contribution in [1.29, 1.82) is 0 Å². The fourth-order valence-corrected chi connectivity index (χ4v) is 6.06. The van der Waals surface area contributed by atoms with Crippen molar-refractivity contribution in [2.75, 3.05) is 11.9 Å². The van der Waals surface area contributed by atoms with Gasteiger partial charge in [0.1, 0.15) is 18.2 Å². The lowest BCUT2D eigenvalue weighted by atomic mass is 9.98. The predicted octanol–water partition coefficient (Wildman–Crippen LogP) is 1.79. The number of hydrogen-bond donors (Lipinski definition) is 3. The fourth-order valence-electron chi connectivity index (χ4n) is 4.76. The first-order chi connectivity index (χ1) is 16.2. The highest BCUT2D eigenvalue weighted by Crippen LogP contribution is 2.31. The average Bonchev–Trinajstić information content (AvgIpc) is 3.37. The summed E-state index contributed by atoms with van der Waals surface area (Å²) in [6.45, 7) is 2.30. The van der Waals surface area contributed by atoms with Crippen molar-refractivity contribution < 1.29 is 23.1 Å². The van der Waals surface area contributed by atoms with E-state index in [9.17, 15) is 18.0 Å². The number of benzene rings is 1. The molecule has 0 radical (unpaired) electrons. The van der Waals surface area contributed by atoms with E-state index in [4.69, 9.17) is 5.11 Å². The van der Waals surface area contributed by atoms with Crippen LogP contribution in [0.15, 0.2) is 47.8 Å². The van der Waals surface area contributed by atoms with Crippen LogP contribution in [0.1, 0.15) is 24.8 Å². The van der Waals surface area contributed by atoms with Gasteiger partial charge in [0.25, 0.3) is 10.0 Å². The number of nitrogens with zero attached hydrogens (tertiary/aromatic N) is 4. The number of rotatable bonds is 5. The Bertz CT molecular complexity index is 1370. The van der Waals surface area contributed by atoms with E-state index in [-0.39, 0.29) is 28.5 Å². The van der Waals surface area contributed by atoms with Crippen molar-refractivity contribution in [3.8, 4) is 0 Å². The first-order valence-electron chi connectivity index (χ1n) is 10.9. The zero-order valence-electron chi connectivity index (χ0n) is 18.4. The van der Waals surface area contributed by atoms with Crippen molar-refractivity contribution in [1.82, 2.24) is 24.2 Å². The molecule has 0 aliphatic carbocycles. The van der Waals surface area contributed by atoms with E-state index in [1.165, 1.54) is 12.5 Å². The molecule has 2 aliphatic rings. The zero-order chi connectivity index (χ0) is 24.0. The number of nitrogens with one attached hydrogen (secondary N) is 2. The minimum atomic E-state index is -3.83. The second-order valence-electron chi connectivity index (χ2n) is 8.69. The van der Waals surface area contributed by atoms with Gasteiger partial charge >= 0.3 is 6.09 Å². The Kier molecular flexibility index (Phi) is 5.39. The molecule has 34 heavy (non-hydrogen) atoms. The molecule has 1 aromatic carbocycles. The number of fused-ring (bicyclic) bond motifs is 2. The topological polar surface area (TPSA) is 147 Å². The number of amides is 2. The average molecular weight is 485 g/mol. The number of carbonyl (C=O) groups is 2. The Labute approximate surface area is 195 Å². The standard InChI is InChI=1S/C22H24N6O5S/c1-13-2-6-16(7-3-13)34(32,33)28-9-8-17-19(23-12-24-20(17)28)25-14-4-5-15-10-18(26-22(30)31)21(29)27(15)11-14/h2-3,6-9,12,14-15,18,26H,4-5,10-11H2,1H3,(H,30,31)(H,23,24,25)/t14?,15?,18-/m0/s1. The second kappa shape index (κ2) is 8.28. The molecule has 0 spiro atoms. The van der Waals surface area contributed by atoms with Crippen molar-refractivity contribution in [3.05, 3.63) is 48.4 Å². The van der Waals surface area contributed by atoms with Gasteiger partial charge in [-0.3, -0.25) is 4.79 Å². The maximum Gasteiger partial charge on any atom is 0.405 e. The Morgan fingerprint density at radius 3 is 2.65 bits per heavy atom. The van der Waals surface area contributed by atoms with Gasteiger partial charge in [-0.25, -0.2) is 27.2 Å². The van der Waals surface area contributed by atoms with Crippen LogP contribution in [0.5, 0.6) is 0 Å². The molecule has 2 aromatic heterocycles. The highest BCUT2D eigenvalue weighted by atomic mass is 32.2. The largest absolute Gasteiger partial charge is 0.465 e. The summed E-state index contributed by atoms with van der Waals surface area (Å²) in [7, 11) is -3.83. The van der Waals surface area contributed by atoms with Crippen LogP contribution in [-0.4, -0.2) is 69.0 Å². The molecule has 3 N–H and O–H groups in total. The van der Waals surface area contributed by atoms with E-state index >= 15 is 0 Å². The number of anilines is 1. The van der Waals surface area contributed by atoms with Crippen LogP contribution in [0.2, 0.25) is 0 Å². The molecule has 0 saturated carbocycles. The minimum Gasteiger partial charge on any atom is -0.465 e. The molecule has 2 amide bonds. The van der Waals surface area contributed by atoms with Crippen LogP contribution in [0.3, 0.4) is 0 Å². The monoisotopic (exact) mass is 484 g/mol. The lowest BCUT2D eigenvalue weighted by molar-refractivity contribution is -0.131. The number of aryl methyl sites for hydroxylation is 1. The highest BCUT2D eigenvalue weighted by molar-refractivity contribution is 7.90. The van der Waals surface area contributed by atoms with Crippen molar-refractivity contribution in [3.63, 3.8) is 0 Å². The smallest absolute Gasteiger partial charge is 0.405 e. The van der Waals surface area contributed by atoms with Crippen molar-refractivity contribution in [2.45, 2.75) is 49.2 Å². The van der Waals surface area contributed by atoms with Crippen LogP contribution < -0.4 is 10.6 Å². The van der Waals surface area contributed by atoms with E-state index in [1.54, 1.807) is 35.2 Å². The molecule has 2 fully saturated rings. The van der Waals surface area contributed by atoms with Gasteiger partial charge in [-0.05, 0) is 44.4 Å². The molecular weight excluding hydrogens is 460 g/mol. The Balaban J connectivity index is 1.38. The van der Waals surface area contributed by atoms with Crippen molar-refractivity contribution in [2.24, 2.45) is 0 Å². The van der Waals surface area contributed by atoms with Crippen LogP contribution in [-0.2, 0) is 14.8 Å². The molecule has 2 aliphatic heterocycles. The summed E-state index contributed by atoms with van der Waals surface area (Å²) in [5.74, 6) is 0.264. The van der Waals surface area contributed by atoms with E-state index < -0.39 is 22.2 Å². The summed E-state index contributed by atoms with van der Waals surface area (Å²) in [5.41, 5.74) is 1.22. The van der Waals surface area contributed by atoms with Gasteiger partial charge in [0.05, 0.1) is 10.3 Å². The SMILES string of the molecule is Cc1ccc(S(=O)(=O)n2ccc3c(NC4CCC5C[C@H](NC(=O)O)C(=O)N5C4)ncnc32)cc1. The maximum atomic E-state index is 13.2. The number of carboxylic acid groups (broad SMARTS) is 1. The van der Waals surface area contributed by atoms with Crippen LogP contribution in [0, 0.1) is 6.92 Å². The molecule has 11 nitrogen and oxygen atoms in total. The van der Waals surface area contributed by atoms with Gasteiger partial charge in [-0.1, -0.05) is 17.7 Å². The normalized spacial score (nSPS) is 22.6. The summed E-state index contributed by atoms with van der Waals surface area (Å²) in [5, 5.41) is 15.1. The Morgan fingerprint density at radius 1 is 1.15 bits per heavy atom. The highest BCUT2D eigenvalue weighted by Gasteiger charge is 2.43. The van der Waals surface area contributed by atoms with E-state index in [0.717, 1.165) is 22.4 Å². The first-order valence-corrected chi connectivity index (χ1v) is 12.4. The van der Waals surface area contributed by atoms with Gasteiger partial charge in [-0.2, -0.15) is 0 Å². The lowest BCUT2D eigenvalue weighted by Crippen LogP contribution is -2.48. The molecule has 2 saturated heterocycles. The van der Waals surface area contributed by atoms with Gasteiger partial charge in [-0.15, -0.1) is 0 Å². The summed E-state index contributed by atoms with van der Waals surface area (Å²) < 4.78 is 27.5. The number of aromatic nitrogens is 3. The molecule has 3 atom stereocenters. The molecule has 3 aromatic rings. The van der Waals surface area contributed by atoms with Crippen LogP contribution in [0.4, 0.5) is 10.6 Å². The number of hydrogen-bond acceptors (Lipinski definition) is 7. The van der Waals surface area contributed by atoms with E-state index in [1.807, 2.05) is 6.92 Å². The summed E-state index contributed by atoms with van der Waals surface area (Å²) >= 11 is 0. The van der Waals surface area contributed by atoms with Gasteiger partial charge < -0.3 is 20.6 Å². The van der Waals surface area contributed by atoms with Gasteiger partial charge in [0.2, 0.25) is 5.91 Å². The third-order valence-corrected chi connectivity index (χ3v) is 8.14. The lowest BCUT2D eigenvalue weighted by Gasteiger charge is -2.35. The van der Waals surface area contributed by atoms with Gasteiger partial charge in [0.15, 0.2) is 5.65 Å².